The maximum atomic E-state index is 11.5. The number of amides is 1. The maximum Gasteiger partial charge on any atom is 0.255 e. The van der Waals surface area contributed by atoms with Crippen molar-refractivity contribution in [3.8, 4) is 0 Å². The molecule has 0 aromatic carbocycles. The Hall–Kier alpha value is -1.05. The van der Waals surface area contributed by atoms with Crippen molar-refractivity contribution in [1.29, 1.82) is 0 Å². The molecule has 0 heterocycles. The molecule has 1 N–H and O–H groups in total. The zero-order valence-corrected chi connectivity index (χ0v) is 9.55. The van der Waals surface area contributed by atoms with Gasteiger partial charge in [0.25, 0.3) is 5.91 Å². The maximum absolute atomic E-state index is 11.5. The zero-order chi connectivity index (χ0) is 11.1. The molecule has 0 aliphatic carbocycles. The summed E-state index contributed by atoms with van der Waals surface area (Å²) in [5, 5.41) is 2.83. The van der Waals surface area contributed by atoms with Crippen LogP contribution in [0.15, 0.2) is 17.9 Å². The van der Waals surface area contributed by atoms with Crippen LogP contribution in [0.5, 0.6) is 0 Å². The fourth-order valence-corrected chi connectivity index (χ4v) is 1.03. The second-order valence-corrected chi connectivity index (χ2v) is 3.80. The molecule has 3 heteroatoms. The number of nitrogens with zero attached hydrogens (tertiary/aromatic N) is 1. The Morgan fingerprint density at radius 3 is 2.43 bits per heavy atom. The van der Waals surface area contributed by atoms with Crippen molar-refractivity contribution in [3.63, 3.8) is 0 Å². The lowest BCUT2D eigenvalue weighted by Crippen LogP contribution is -2.33. The molecule has 0 saturated heterocycles. The molecule has 0 bridgehead atoms. The third kappa shape index (κ3) is 4.85. The second-order valence-electron chi connectivity index (χ2n) is 3.80. The van der Waals surface area contributed by atoms with Crippen LogP contribution >= 0.6 is 0 Å². The molecule has 0 aromatic rings. The van der Waals surface area contributed by atoms with E-state index in [2.05, 4.69) is 17.6 Å². The highest BCUT2D eigenvalue weighted by molar-refractivity contribution is 5.93. The number of nitrogens with one attached hydrogen (secondary N) is 1. The lowest BCUT2D eigenvalue weighted by molar-refractivity contribution is -0.117. The van der Waals surface area contributed by atoms with Crippen molar-refractivity contribution < 1.29 is 4.79 Å². The quantitative estimate of drug-likeness (QED) is 0.526. The molecular formula is C11H20N2O. The molecule has 1 amide bonds. The Labute approximate surface area is 86.5 Å². The standard InChI is InChI=1S/C11H20N2O/c1-6-10(9(2)3)11(14)12-7-8-13(4)5/h9H,1,7-8H2,2-5H3,(H,12,14). The summed E-state index contributed by atoms with van der Waals surface area (Å²) >= 11 is 0. The third-order valence-corrected chi connectivity index (χ3v) is 1.86. The van der Waals surface area contributed by atoms with Gasteiger partial charge in [-0.15, -0.1) is 5.73 Å². The van der Waals surface area contributed by atoms with E-state index in [9.17, 15) is 4.79 Å². The van der Waals surface area contributed by atoms with Gasteiger partial charge in [0.05, 0.1) is 5.57 Å². The molecule has 0 saturated carbocycles. The summed E-state index contributed by atoms with van der Waals surface area (Å²) in [6, 6.07) is 0. The molecule has 0 atom stereocenters. The first-order valence-corrected chi connectivity index (χ1v) is 4.82. The first-order valence-electron chi connectivity index (χ1n) is 4.82. The van der Waals surface area contributed by atoms with Gasteiger partial charge in [-0.1, -0.05) is 20.4 Å². The van der Waals surface area contributed by atoms with E-state index in [1.807, 2.05) is 32.8 Å². The monoisotopic (exact) mass is 196 g/mol. The highest BCUT2D eigenvalue weighted by Crippen LogP contribution is 2.06. The van der Waals surface area contributed by atoms with Crippen molar-refractivity contribution in [2.24, 2.45) is 5.92 Å². The molecule has 0 aliphatic heterocycles. The van der Waals surface area contributed by atoms with Gasteiger partial charge in [0.15, 0.2) is 0 Å². The van der Waals surface area contributed by atoms with Crippen LogP contribution in [-0.2, 0) is 4.79 Å². The van der Waals surface area contributed by atoms with Crippen molar-refractivity contribution in [3.05, 3.63) is 17.9 Å². The fourth-order valence-electron chi connectivity index (χ4n) is 1.03. The number of rotatable bonds is 5. The average Bonchev–Trinajstić information content (AvgIpc) is 2.03. The largest absolute Gasteiger partial charge is 0.350 e. The van der Waals surface area contributed by atoms with E-state index >= 15 is 0 Å². The predicted molar refractivity (Wildman–Crippen MR) is 59.1 cm³/mol. The Bertz CT molecular complexity index is 238. The van der Waals surface area contributed by atoms with Crippen molar-refractivity contribution >= 4 is 5.91 Å². The average molecular weight is 196 g/mol. The van der Waals surface area contributed by atoms with Gasteiger partial charge in [0.1, 0.15) is 0 Å². The summed E-state index contributed by atoms with van der Waals surface area (Å²) in [5.41, 5.74) is 3.31. The number of likely N-dealkylation sites (N-methyl/N-ethyl adjacent to an activating group) is 1. The van der Waals surface area contributed by atoms with Gasteiger partial charge in [0.2, 0.25) is 0 Å². The minimum Gasteiger partial charge on any atom is -0.350 e. The third-order valence-electron chi connectivity index (χ3n) is 1.86. The van der Waals surface area contributed by atoms with E-state index < -0.39 is 0 Å². The number of carbonyl (C=O) groups excluding carboxylic acids is 1. The molecule has 0 rings (SSSR count). The van der Waals surface area contributed by atoms with Crippen LogP contribution in [0.25, 0.3) is 0 Å². The highest BCUT2D eigenvalue weighted by Gasteiger charge is 2.11. The van der Waals surface area contributed by atoms with Gasteiger partial charge in [-0.2, -0.15) is 0 Å². The van der Waals surface area contributed by atoms with Crippen LogP contribution in [0.1, 0.15) is 13.8 Å². The van der Waals surface area contributed by atoms with E-state index in [-0.39, 0.29) is 11.8 Å². The van der Waals surface area contributed by atoms with Gasteiger partial charge in [0, 0.05) is 13.1 Å². The Balaban J connectivity index is 4.02. The molecule has 80 valence electrons. The molecule has 0 aromatic heterocycles. The van der Waals surface area contributed by atoms with E-state index in [1.165, 1.54) is 0 Å². The van der Waals surface area contributed by atoms with Crippen molar-refractivity contribution in [1.82, 2.24) is 10.2 Å². The zero-order valence-electron chi connectivity index (χ0n) is 9.55. The molecule has 0 radical (unpaired) electrons. The summed E-state index contributed by atoms with van der Waals surface area (Å²) in [6.07, 6.45) is 0. The predicted octanol–water partition coefficient (Wildman–Crippen LogP) is 1.03. The van der Waals surface area contributed by atoms with Gasteiger partial charge in [-0.05, 0) is 20.0 Å². The molecule has 14 heavy (non-hydrogen) atoms. The lowest BCUT2D eigenvalue weighted by Gasteiger charge is -2.12. The van der Waals surface area contributed by atoms with Crippen LogP contribution in [-0.4, -0.2) is 38.0 Å². The Kier molecular flexibility index (Phi) is 5.93. The minimum absolute atomic E-state index is 0.0585. The Morgan fingerprint density at radius 1 is 1.50 bits per heavy atom. The summed E-state index contributed by atoms with van der Waals surface area (Å²) < 4.78 is 0. The van der Waals surface area contributed by atoms with Crippen molar-refractivity contribution in [2.75, 3.05) is 27.2 Å². The summed E-state index contributed by atoms with van der Waals surface area (Å²) in [5.74, 6) is 0.115. The SMILES string of the molecule is C=C=C(C(=O)NCCN(C)C)C(C)C. The van der Waals surface area contributed by atoms with Crippen LogP contribution in [0.4, 0.5) is 0 Å². The molecule has 0 aliphatic rings. The first kappa shape index (κ1) is 12.9. The molecular weight excluding hydrogens is 176 g/mol. The molecule has 0 spiro atoms. The van der Waals surface area contributed by atoms with E-state index in [1.54, 1.807) is 0 Å². The second kappa shape index (κ2) is 6.41. The van der Waals surface area contributed by atoms with E-state index in [0.717, 1.165) is 6.54 Å². The van der Waals surface area contributed by atoms with E-state index in [0.29, 0.717) is 12.1 Å². The summed E-state index contributed by atoms with van der Waals surface area (Å²) in [7, 11) is 3.94. The lowest BCUT2D eigenvalue weighted by atomic mass is 10.0. The molecule has 0 fully saturated rings. The smallest absolute Gasteiger partial charge is 0.255 e. The summed E-state index contributed by atoms with van der Waals surface area (Å²) in [4.78, 5) is 13.5. The highest BCUT2D eigenvalue weighted by atomic mass is 16.1. The minimum atomic E-state index is -0.0585. The van der Waals surface area contributed by atoms with Crippen LogP contribution in [0, 0.1) is 5.92 Å². The number of hydrogen-bond acceptors (Lipinski definition) is 2. The molecule has 3 nitrogen and oxygen atoms in total. The van der Waals surface area contributed by atoms with Crippen molar-refractivity contribution in [2.45, 2.75) is 13.8 Å². The van der Waals surface area contributed by atoms with E-state index in [4.69, 9.17) is 0 Å². The van der Waals surface area contributed by atoms with Crippen LogP contribution in [0.3, 0.4) is 0 Å². The van der Waals surface area contributed by atoms with Gasteiger partial charge in [-0.25, -0.2) is 0 Å². The first-order chi connectivity index (χ1) is 6.49. The summed E-state index contributed by atoms with van der Waals surface area (Å²) in [6.45, 7) is 8.93. The molecule has 0 unspecified atom stereocenters. The van der Waals surface area contributed by atoms with Gasteiger partial charge < -0.3 is 10.2 Å². The normalized spacial score (nSPS) is 10.1. The van der Waals surface area contributed by atoms with Crippen LogP contribution < -0.4 is 5.32 Å². The van der Waals surface area contributed by atoms with Gasteiger partial charge >= 0.3 is 0 Å². The van der Waals surface area contributed by atoms with Crippen LogP contribution in [0.2, 0.25) is 0 Å². The fraction of sp³-hybridized carbons (Fsp3) is 0.636. The number of hydrogen-bond donors (Lipinski definition) is 1. The Morgan fingerprint density at radius 2 is 2.07 bits per heavy atom. The number of carbonyl (C=O) groups is 1. The topological polar surface area (TPSA) is 32.3 Å². The van der Waals surface area contributed by atoms with Gasteiger partial charge in [-0.3, -0.25) is 4.79 Å².